The van der Waals surface area contributed by atoms with E-state index in [4.69, 9.17) is 0 Å². The van der Waals surface area contributed by atoms with E-state index in [-0.39, 0.29) is 11.7 Å². The van der Waals surface area contributed by atoms with Crippen LogP contribution in [0, 0.1) is 5.92 Å². The molecule has 2 rings (SSSR count). The summed E-state index contributed by atoms with van der Waals surface area (Å²) < 4.78 is 25.9. The van der Waals surface area contributed by atoms with Crippen LogP contribution in [0.4, 0.5) is 0 Å². The summed E-state index contributed by atoms with van der Waals surface area (Å²) in [6.07, 6.45) is 2.14. The molecule has 1 amide bonds. The molecule has 0 spiro atoms. The number of hydrogen-bond donors (Lipinski definition) is 1. The lowest BCUT2D eigenvalue weighted by molar-refractivity contribution is 0.0983. The number of rotatable bonds is 5. The van der Waals surface area contributed by atoms with Crippen molar-refractivity contribution in [1.29, 1.82) is 0 Å². The minimum atomic E-state index is -3.61. The molecule has 0 saturated heterocycles. The number of aromatic nitrogens is 1. The van der Waals surface area contributed by atoms with E-state index in [1.165, 1.54) is 0 Å². The van der Waals surface area contributed by atoms with Crippen molar-refractivity contribution in [2.24, 2.45) is 5.92 Å². The number of benzene rings is 1. The van der Waals surface area contributed by atoms with Gasteiger partial charge in [-0.25, -0.2) is 13.1 Å². The highest BCUT2D eigenvalue weighted by Crippen LogP contribution is 2.16. The standard InChI is InChI=1S/C15H18N2O3S/c1-11(2)8-10-21(19,20)17-15(18)13-5-3-7-14-12(13)6-4-9-16-14/h3-7,9,11H,8,10H2,1-2H3,(H,17,18). The number of amides is 1. The predicted octanol–water partition coefficient (Wildman–Crippen LogP) is 2.34. The first-order valence-corrected chi connectivity index (χ1v) is 8.43. The van der Waals surface area contributed by atoms with Gasteiger partial charge in [-0.2, -0.15) is 0 Å². The number of sulfonamides is 1. The minimum Gasteiger partial charge on any atom is -0.268 e. The lowest BCUT2D eigenvalue weighted by atomic mass is 10.1. The van der Waals surface area contributed by atoms with Gasteiger partial charge in [-0.3, -0.25) is 9.78 Å². The van der Waals surface area contributed by atoms with Gasteiger partial charge in [0.1, 0.15) is 0 Å². The number of carbonyl (C=O) groups excluding carboxylic acids is 1. The molecule has 5 nitrogen and oxygen atoms in total. The zero-order chi connectivity index (χ0) is 15.5. The molecule has 0 unspecified atom stereocenters. The fraction of sp³-hybridized carbons (Fsp3) is 0.333. The van der Waals surface area contributed by atoms with Crippen LogP contribution in [0.3, 0.4) is 0 Å². The smallest absolute Gasteiger partial charge is 0.265 e. The van der Waals surface area contributed by atoms with Gasteiger partial charge in [0.05, 0.1) is 11.3 Å². The van der Waals surface area contributed by atoms with E-state index < -0.39 is 15.9 Å². The summed E-state index contributed by atoms with van der Waals surface area (Å²) in [6, 6.07) is 8.52. The van der Waals surface area contributed by atoms with Crippen LogP contribution in [0.1, 0.15) is 30.6 Å². The molecule has 0 radical (unpaired) electrons. The highest BCUT2D eigenvalue weighted by Gasteiger charge is 2.18. The van der Waals surface area contributed by atoms with Crippen molar-refractivity contribution >= 4 is 26.8 Å². The summed E-state index contributed by atoms with van der Waals surface area (Å²) in [5.41, 5.74) is 0.971. The van der Waals surface area contributed by atoms with Gasteiger partial charge in [0.25, 0.3) is 5.91 Å². The quantitative estimate of drug-likeness (QED) is 0.920. The van der Waals surface area contributed by atoms with Gasteiger partial charge in [0.2, 0.25) is 10.0 Å². The van der Waals surface area contributed by atoms with E-state index in [2.05, 4.69) is 9.71 Å². The van der Waals surface area contributed by atoms with E-state index in [9.17, 15) is 13.2 Å². The fourth-order valence-electron chi connectivity index (χ4n) is 1.94. The van der Waals surface area contributed by atoms with Crippen LogP contribution < -0.4 is 4.72 Å². The van der Waals surface area contributed by atoms with Crippen LogP contribution in [0.15, 0.2) is 36.5 Å². The van der Waals surface area contributed by atoms with Gasteiger partial charge >= 0.3 is 0 Å². The summed E-state index contributed by atoms with van der Waals surface area (Å²) in [5, 5.41) is 0.636. The van der Waals surface area contributed by atoms with Crippen molar-refractivity contribution < 1.29 is 13.2 Å². The van der Waals surface area contributed by atoms with Crippen LogP contribution in [0.5, 0.6) is 0 Å². The summed E-state index contributed by atoms with van der Waals surface area (Å²) in [6.45, 7) is 3.88. The average molecular weight is 306 g/mol. The van der Waals surface area contributed by atoms with Crippen molar-refractivity contribution in [3.8, 4) is 0 Å². The van der Waals surface area contributed by atoms with E-state index in [0.717, 1.165) is 0 Å². The van der Waals surface area contributed by atoms with Crippen molar-refractivity contribution in [2.45, 2.75) is 20.3 Å². The molecule has 6 heteroatoms. The minimum absolute atomic E-state index is 0.0561. The van der Waals surface area contributed by atoms with E-state index in [0.29, 0.717) is 22.9 Å². The molecule has 112 valence electrons. The summed E-state index contributed by atoms with van der Waals surface area (Å²) >= 11 is 0. The first-order valence-electron chi connectivity index (χ1n) is 6.77. The molecule has 0 saturated carbocycles. The topological polar surface area (TPSA) is 76.1 Å². The second-order valence-electron chi connectivity index (χ2n) is 5.31. The molecule has 1 N–H and O–H groups in total. The average Bonchev–Trinajstić information content (AvgIpc) is 2.44. The third kappa shape index (κ3) is 4.01. The molecule has 1 heterocycles. The third-order valence-corrected chi connectivity index (χ3v) is 4.37. The third-order valence-electron chi connectivity index (χ3n) is 3.10. The van der Waals surface area contributed by atoms with Crippen molar-refractivity contribution in [3.63, 3.8) is 0 Å². The van der Waals surface area contributed by atoms with E-state index >= 15 is 0 Å². The van der Waals surface area contributed by atoms with Gasteiger partial charge in [-0.15, -0.1) is 0 Å². The first-order chi connectivity index (χ1) is 9.89. The van der Waals surface area contributed by atoms with Crippen molar-refractivity contribution in [1.82, 2.24) is 9.71 Å². The van der Waals surface area contributed by atoms with Gasteiger partial charge < -0.3 is 0 Å². The first kappa shape index (κ1) is 15.4. The molecule has 2 aromatic rings. The monoisotopic (exact) mass is 306 g/mol. The number of nitrogens with zero attached hydrogens (tertiary/aromatic N) is 1. The highest BCUT2D eigenvalue weighted by molar-refractivity contribution is 7.90. The van der Waals surface area contributed by atoms with E-state index in [1.54, 1.807) is 36.5 Å². The molecule has 0 aliphatic heterocycles. The van der Waals surface area contributed by atoms with Crippen molar-refractivity contribution in [3.05, 3.63) is 42.1 Å². The van der Waals surface area contributed by atoms with Crippen molar-refractivity contribution in [2.75, 3.05) is 5.75 Å². The number of hydrogen-bond acceptors (Lipinski definition) is 4. The SMILES string of the molecule is CC(C)CCS(=O)(=O)NC(=O)c1cccc2ncccc12. The molecule has 0 fully saturated rings. The highest BCUT2D eigenvalue weighted by atomic mass is 32.2. The lowest BCUT2D eigenvalue weighted by Gasteiger charge is -2.09. The van der Waals surface area contributed by atoms with Crippen LogP contribution in [-0.2, 0) is 10.0 Å². The zero-order valence-corrected chi connectivity index (χ0v) is 12.9. The maximum absolute atomic E-state index is 12.2. The maximum atomic E-state index is 12.2. The maximum Gasteiger partial charge on any atom is 0.265 e. The molecular weight excluding hydrogens is 288 g/mol. The molecule has 0 atom stereocenters. The molecule has 0 aliphatic rings. The van der Waals surface area contributed by atoms with Crippen LogP contribution in [0.2, 0.25) is 0 Å². The number of fused-ring (bicyclic) bond motifs is 1. The van der Waals surface area contributed by atoms with Crippen LogP contribution in [0.25, 0.3) is 10.9 Å². The molecule has 1 aromatic carbocycles. The molecular formula is C15H18N2O3S. The lowest BCUT2D eigenvalue weighted by Crippen LogP contribution is -2.33. The Morgan fingerprint density at radius 3 is 2.71 bits per heavy atom. The van der Waals surface area contributed by atoms with Gasteiger partial charge in [-0.05, 0) is 30.5 Å². The Morgan fingerprint density at radius 1 is 1.24 bits per heavy atom. The van der Waals surface area contributed by atoms with Crippen LogP contribution >= 0.6 is 0 Å². The molecule has 0 bridgehead atoms. The number of carbonyl (C=O) groups is 1. The Balaban J connectivity index is 2.23. The Morgan fingerprint density at radius 2 is 2.00 bits per heavy atom. The summed E-state index contributed by atoms with van der Waals surface area (Å²) in [5.74, 6) is -0.407. The Labute approximate surface area is 124 Å². The molecule has 1 aromatic heterocycles. The van der Waals surface area contributed by atoms with Crippen LogP contribution in [-0.4, -0.2) is 25.1 Å². The Kier molecular flexibility index (Phi) is 4.57. The Bertz CT molecular complexity index is 749. The predicted molar refractivity (Wildman–Crippen MR) is 82.5 cm³/mol. The van der Waals surface area contributed by atoms with Gasteiger partial charge in [-0.1, -0.05) is 26.0 Å². The number of pyridine rings is 1. The zero-order valence-electron chi connectivity index (χ0n) is 12.0. The summed E-state index contributed by atoms with van der Waals surface area (Å²) in [4.78, 5) is 16.4. The van der Waals surface area contributed by atoms with E-state index in [1.807, 2.05) is 13.8 Å². The second kappa shape index (κ2) is 6.22. The number of nitrogens with one attached hydrogen (secondary N) is 1. The van der Waals surface area contributed by atoms with Gasteiger partial charge in [0.15, 0.2) is 0 Å². The van der Waals surface area contributed by atoms with Gasteiger partial charge in [0, 0.05) is 17.1 Å². The summed E-state index contributed by atoms with van der Waals surface area (Å²) in [7, 11) is -3.61. The molecule has 0 aliphatic carbocycles. The Hall–Kier alpha value is -1.95. The fourth-order valence-corrected chi connectivity index (χ4v) is 3.22. The normalized spacial score (nSPS) is 11.8. The second-order valence-corrected chi connectivity index (χ2v) is 7.15. The molecule has 21 heavy (non-hydrogen) atoms. The largest absolute Gasteiger partial charge is 0.268 e.